The number of benzene rings is 1. The number of aliphatic hydroxyl groups is 1. The maximum atomic E-state index is 12.9. The zero-order valence-corrected chi connectivity index (χ0v) is 8.31. The topological polar surface area (TPSA) is 37.3 Å². The second kappa shape index (κ2) is 4.44. The Balaban J connectivity index is 3.32. The van der Waals surface area contributed by atoms with Crippen molar-refractivity contribution < 1.29 is 14.3 Å². The molecule has 0 heterocycles. The van der Waals surface area contributed by atoms with Gasteiger partial charge in [0.15, 0.2) is 5.78 Å². The Morgan fingerprint density at radius 2 is 2.07 bits per heavy atom. The Labute approximate surface area is 89.6 Å². The first kappa shape index (κ1) is 11.0. The summed E-state index contributed by atoms with van der Waals surface area (Å²) in [5.41, 5.74) is -0.154. The average Bonchev–Trinajstić information content (AvgIpc) is 2.13. The molecule has 1 N–H and O–H groups in total. The van der Waals surface area contributed by atoms with E-state index in [2.05, 4.69) is 0 Å². The molecule has 0 saturated heterocycles. The van der Waals surface area contributed by atoms with Crippen LogP contribution < -0.4 is 0 Å². The molecule has 0 bridgehead atoms. The van der Waals surface area contributed by atoms with Gasteiger partial charge in [-0.3, -0.25) is 4.79 Å². The molecule has 0 unspecified atom stereocenters. The fourth-order valence-corrected chi connectivity index (χ4v) is 1.46. The lowest BCUT2D eigenvalue weighted by Gasteiger charge is -2.03. The predicted molar refractivity (Wildman–Crippen MR) is 52.5 cm³/mol. The molecule has 0 aromatic heterocycles. The van der Waals surface area contributed by atoms with Crippen LogP contribution in [0.25, 0.3) is 0 Å². The van der Waals surface area contributed by atoms with Crippen LogP contribution in [0.4, 0.5) is 4.39 Å². The van der Waals surface area contributed by atoms with E-state index in [1.165, 1.54) is 6.07 Å². The van der Waals surface area contributed by atoms with E-state index in [1.54, 1.807) is 0 Å². The van der Waals surface area contributed by atoms with Gasteiger partial charge in [-0.05, 0) is 12.1 Å². The third-order valence-corrected chi connectivity index (χ3v) is 2.20. The van der Waals surface area contributed by atoms with E-state index in [4.69, 9.17) is 28.3 Å². The quantitative estimate of drug-likeness (QED) is 0.369. The zero-order valence-electron chi connectivity index (χ0n) is 6.80. The number of carbonyl (C=O) groups excluding carboxylic acids is 1. The second-order valence-electron chi connectivity index (χ2n) is 2.40. The van der Waals surface area contributed by atoms with Crippen molar-refractivity contribution in [3.63, 3.8) is 0 Å². The fourth-order valence-electron chi connectivity index (χ4n) is 0.904. The van der Waals surface area contributed by atoms with Crippen LogP contribution in [0.15, 0.2) is 24.5 Å². The van der Waals surface area contributed by atoms with E-state index in [0.717, 1.165) is 12.1 Å². The Kier molecular flexibility index (Phi) is 3.49. The molecular weight excluding hydrogens is 230 g/mol. The molecule has 0 aliphatic carbocycles. The van der Waals surface area contributed by atoms with Gasteiger partial charge in [0, 0.05) is 6.08 Å². The Hall–Kier alpha value is -1.06. The smallest absolute Gasteiger partial charge is 0.191 e. The normalized spacial score (nSPS) is 10.8. The number of halogens is 3. The highest BCUT2D eigenvalue weighted by molar-refractivity contribution is 6.40. The van der Waals surface area contributed by atoms with Gasteiger partial charge in [0.2, 0.25) is 0 Å². The molecule has 0 aliphatic rings. The van der Waals surface area contributed by atoms with Gasteiger partial charge in [0.05, 0.1) is 21.9 Å². The van der Waals surface area contributed by atoms with Gasteiger partial charge in [-0.1, -0.05) is 23.2 Å². The molecule has 0 fully saturated rings. The molecule has 1 rings (SSSR count). The van der Waals surface area contributed by atoms with Crippen molar-refractivity contribution in [3.05, 3.63) is 45.9 Å². The van der Waals surface area contributed by atoms with Crippen LogP contribution in [-0.4, -0.2) is 10.9 Å². The summed E-state index contributed by atoms with van der Waals surface area (Å²) >= 11 is 11.2. The summed E-state index contributed by atoms with van der Waals surface area (Å²) in [6.45, 7) is 0. The molecule has 0 aliphatic heterocycles. The van der Waals surface area contributed by atoms with Crippen molar-refractivity contribution in [2.24, 2.45) is 0 Å². The molecule has 0 amide bonds. The van der Waals surface area contributed by atoms with E-state index < -0.39 is 11.6 Å². The molecule has 0 saturated carbocycles. The molecule has 1 aromatic carbocycles. The minimum absolute atomic E-state index is 0.0412. The molecule has 1 aromatic rings. The first-order valence-electron chi connectivity index (χ1n) is 3.56. The highest BCUT2D eigenvalue weighted by Crippen LogP contribution is 2.27. The molecule has 14 heavy (non-hydrogen) atoms. The van der Waals surface area contributed by atoms with E-state index >= 15 is 0 Å². The first-order valence-corrected chi connectivity index (χ1v) is 4.32. The maximum absolute atomic E-state index is 12.9. The third kappa shape index (κ3) is 2.05. The number of hydrogen-bond donors (Lipinski definition) is 1. The summed E-state index contributed by atoms with van der Waals surface area (Å²) < 4.78 is 12.9. The monoisotopic (exact) mass is 234 g/mol. The molecule has 0 spiro atoms. The maximum Gasteiger partial charge on any atom is 0.191 e. The minimum Gasteiger partial charge on any atom is -0.515 e. The van der Waals surface area contributed by atoms with Crippen LogP contribution in [0.5, 0.6) is 0 Å². The standard InChI is InChI=1S/C9H5Cl2FO2/c10-5-1-2-6(12)9(11)8(5)7(14)3-4-13/h1-4,13H/b4-3+. The highest BCUT2D eigenvalue weighted by Gasteiger charge is 2.15. The number of rotatable bonds is 2. The van der Waals surface area contributed by atoms with Gasteiger partial charge in [-0.25, -0.2) is 4.39 Å². The van der Waals surface area contributed by atoms with Crippen molar-refractivity contribution >= 4 is 29.0 Å². The van der Waals surface area contributed by atoms with Crippen LogP contribution in [-0.2, 0) is 0 Å². The van der Waals surface area contributed by atoms with Gasteiger partial charge in [0.25, 0.3) is 0 Å². The van der Waals surface area contributed by atoms with Crippen molar-refractivity contribution in [3.8, 4) is 0 Å². The summed E-state index contributed by atoms with van der Waals surface area (Å²) in [6.07, 6.45) is 1.38. The van der Waals surface area contributed by atoms with Crippen LogP contribution in [0.3, 0.4) is 0 Å². The van der Waals surface area contributed by atoms with Crippen LogP contribution in [0.1, 0.15) is 10.4 Å². The van der Waals surface area contributed by atoms with Crippen LogP contribution in [0, 0.1) is 5.82 Å². The number of ketones is 1. The van der Waals surface area contributed by atoms with Crippen molar-refractivity contribution in [1.29, 1.82) is 0 Å². The van der Waals surface area contributed by atoms with Crippen molar-refractivity contribution in [2.45, 2.75) is 0 Å². The molecular formula is C9H5Cl2FO2. The summed E-state index contributed by atoms with van der Waals surface area (Å²) in [5, 5.41) is 8.06. The SMILES string of the molecule is O=C(/C=C/O)c1c(Cl)ccc(F)c1Cl. The number of aliphatic hydroxyl groups excluding tert-OH is 1. The molecule has 0 radical (unpaired) electrons. The van der Waals surface area contributed by atoms with Crippen molar-refractivity contribution in [1.82, 2.24) is 0 Å². The Bertz CT molecular complexity index is 402. The van der Waals surface area contributed by atoms with Gasteiger partial charge in [-0.15, -0.1) is 0 Å². The van der Waals surface area contributed by atoms with Gasteiger partial charge >= 0.3 is 0 Å². The third-order valence-electron chi connectivity index (χ3n) is 1.52. The average molecular weight is 235 g/mol. The number of allylic oxidation sites excluding steroid dienone is 1. The lowest BCUT2D eigenvalue weighted by Crippen LogP contribution is -1.98. The van der Waals surface area contributed by atoms with Crippen LogP contribution in [0.2, 0.25) is 10.0 Å². The van der Waals surface area contributed by atoms with Gasteiger partial charge in [-0.2, -0.15) is 0 Å². The summed E-state index contributed by atoms with van der Waals surface area (Å²) in [6, 6.07) is 2.28. The Morgan fingerprint density at radius 3 is 2.64 bits per heavy atom. The van der Waals surface area contributed by atoms with Gasteiger partial charge < -0.3 is 5.11 Å². The first-order chi connectivity index (χ1) is 6.57. The largest absolute Gasteiger partial charge is 0.515 e. The lowest BCUT2D eigenvalue weighted by atomic mass is 10.1. The lowest BCUT2D eigenvalue weighted by molar-refractivity contribution is 0.104. The minimum atomic E-state index is -0.731. The zero-order chi connectivity index (χ0) is 10.7. The summed E-state index contributed by atoms with van der Waals surface area (Å²) in [5.74, 6) is -1.38. The molecule has 5 heteroatoms. The fraction of sp³-hybridized carbons (Fsp3) is 0. The van der Waals surface area contributed by atoms with E-state index in [0.29, 0.717) is 6.26 Å². The summed E-state index contributed by atoms with van der Waals surface area (Å²) in [7, 11) is 0. The van der Waals surface area contributed by atoms with Crippen LogP contribution >= 0.6 is 23.2 Å². The van der Waals surface area contributed by atoms with Crippen molar-refractivity contribution in [2.75, 3.05) is 0 Å². The highest BCUT2D eigenvalue weighted by atomic mass is 35.5. The molecule has 2 nitrogen and oxygen atoms in total. The van der Waals surface area contributed by atoms with E-state index in [1.807, 2.05) is 0 Å². The van der Waals surface area contributed by atoms with E-state index in [-0.39, 0.29) is 15.6 Å². The molecule has 0 atom stereocenters. The predicted octanol–water partition coefficient (Wildman–Crippen LogP) is 3.39. The van der Waals surface area contributed by atoms with Gasteiger partial charge in [0.1, 0.15) is 5.82 Å². The second-order valence-corrected chi connectivity index (χ2v) is 3.18. The number of hydrogen-bond acceptors (Lipinski definition) is 2. The Morgan fingerprint density at radius 1 is 1.43 bits per heavy atom. The van der Waals surface area contributed by atoms with E-state index in [9.17, 15) is 9.18 Å². The number of carbonyl (C=O) groups is 1. The summed E-state index contributed by atoms with van der Waals surface area (Å²) in [4.78, 5) is 11.3. The molecule has 74 valence electrons.